The van der Waals surface area contributed by atoms with Gasteiger partial charge in [-0.25, -0.2) is 4.79 Å². The van der Waals surface area contributed by atoms with Gasteiger partial charge < -0.3 is 42.6 Å². The number of carbonyl (C=O) groups excluding carboxylic acids is 3. The van der Waals surface area contributed by atoms with Crippen LogP contribution in [-0.2, 0) is 25.6 Å². The Bertz CT molecular complexity index is 1100. The lowest BCUT2D eigenvalue weighted by molar-refractivity contribution is -0.143. The van der Waals surface area contributed by atoms with Crippen LogP contribution in [0.3, 0.4) is 0 Å². The highest BCUT2D eigenvalue weighted by atomic mass is 16.4. The standard InChI is InChI=1S/C26H40N6O6/c1-14(2)21(26(37)38)31-24(35)20(12-16-13-29-19-10-5-4-8-17(16)19)30-25(36)22(15(3)33)32-23(34)18(28)9-6-7-11-27/h4-5,8,10,13-15,18,20-22,29,33H,6-7,9,11-12,27-28H2,1-3H3,(H,30,36)(H,31,35)(H,32,34)(H,37,38). The van der Waals surface area contributed by atoms with E-state index in [4.69, 9.17) is 11.5 Å². The molecule has 12 nitrogen and oxygen atoms in total. The number of carboxylic acids is 1. The van der Waals surface area contributed by atoms with Crippen molar-refractivity contribution in [2.24, 2.45) is 17.4 Å². The molecule has 1 aromatic heterocycles. The van der Waals surface area contributed by atoms with E-state index >= 15 is 0 Å². The van der Waals surface area contributed by atoms with E-state index in [-0.39, 0.29) is 6.42 Å². The van der Waals surface area contributed by atoms with Crippen LogP contribution in [-0.4, -0.2) is 75.7 Å². The second-order valence-corrected chi connectivity index (χ2v) is 9.81. The molecule has 0 fully saturated rings. The largest absolute Gasteiger partial charge is 0.480 e. The molecule has 0 aliphatic carbocycles. The number of nitrogens with one attached hydrogen (secondary N) is 4. The van der Waals surface area contributed by atoms with E-state index in [1.165, 1.54) is 6.92 Å². The highest BCUT2D eigenvalue weighted by Crippen LogP contribution is 2.19. The summed E-state index contributed by atoms with van der Waals surface area (Å²) in [6.45, 7) is 5.11. The van der Waals surface area contributed by atoms with Crippen LogP contribution in [0.1, 0.15) is 45.6 Å². The van der Waals surface area contributed by atoms with E-state index in [1.807, 2.05) is 24.3 Å². The van der Waals surface area contributed by atoms with E-state index in [0.29, 0.717) is 25.8 Å². The highest BCUT2D eigenvalue weighted by Gasteiger charge is 2.33. The lowest BCUT2D eigenvalue weighted by Gasteiger charge is -2.27. The number of nitrogens with two attached hydrogens (primary N) is 2. The van der Waals surface area contributed by atoms with Crippen molar-refractivity contribution in [3.8, 4) is 0 Å². The molecule has 2 rings (SSSR count). The van der Waals surface area contributed by atoms with Gasteiger partial charge in [0.05, 0.1) is 12.1 Å². The third-order valence-electron chi connectivity index (χ3n) is 6.33. The van der Waals surface area contributed by atoms with Crippen molar-refractivity contribution in [2.75, 3.05) is 6.54 Å². The maximum Gasteiger partial charge on any atom is 0.326 e. The number of fused-ring (bicyclic) bond motifs is 1. The monoisotopic (exact) mass is 532 g/mol. The zero-order chi connectivity index (χ0) is 28.4. The SMILES string of the molecule is CC(C)C(NC(=O)C(Cc1c[nH]c2ccccc12)NC(=O)C(NC(=O)C(N)CCCCN)C(C)O)C(=O)O. The van der Waals surface area contributed by atoms with Crippen molar-refractivity contribution in [3.05, 3.63) is 36.0 Å². The van der Waals surface area contributed by atoms with Crippen molar-refractivity contribution < 1.29 is 29.4 Å². The molecular formula is C26H40N6O6. The number of rotatable bonds is 15. The molecule has 0 saturated heterocycles. The molecule has 2 aromatic rings. The zero-order valence-corrected chi connectivity index (χ0v) is 22.1. The Hall–Kier alpha value is -3.48. The molecule has 12 heteroatoms. The van der Waals surface area contributed by atoms with Gasteiger partial charge in [-0.3, -0.25) is 14.4 Å². The molecule has 0 aliphatic heterocycles. The fraction of sp³-hybridized carbons (Fsp3) is 0.538. The number of unbranched alkanes of at least 4 members (excludes halogenated alkanes) is 1. The maximum absolute atomic E-state index is 13.3. The highest BCUT2D eigenvalue weighted by molar-refractivity contribution is 5.95. The minimum atomic E-state index is -1.39. The summed E-state index contributed by atoms with van der Waals surface area (Å²) in [5.74, 6) is -3.75. The van der Waals surface area contributed by atoms with Crippen LogP contribution in [0.25, 0.3) is 10.9 Å². The number of benzene rings is 1. The number of aliphatic carboxylic acids is 1. The third kappa shape index (κ3) is 8.54. The summed E-state index contributed by atoms with van der Waals surface area (Å²) >= 11 is 0. The summed E-state index contributed by atoms with van der Waals surface area (Å²) in [7, 11) is 0. The van der Waals surface area contributed by atoms with Gasteiger partial charge in [-0.05, 0) is 43.9 Å². The van der Waals surface area contributed by atoms with Crippen LogP contribution in [0.5, 0.6) is 0 Å². The Labute approximate surface area is 221 Å². The van der Waals surface area contributed by atoms with Gasteiger partial charge in [0.1, 0.15) is 18.1 Å². The van der Waals surface area contributed by atoms with Crippen LogP contribution in [0, 0.1) is 5.92 Å². The number of H-pyrrole nitrogens is 1. The molecule has 0 bridgehead atoms. The molecular weight excluding hydrogens is 492 g/mol. The van der Waals surface area contributed by atoms with Crippen molar-refractivity contribution in [3.63, 3.8) is 0 Å². The second kappa shape index (κ2) is 14.5. The van der Waals surface area contributed by atoms with Gasteiger partial charge in [0, 0.05) is 23.5 Å². The molecule has 1 heterocycles. The molecule has 0 spiro atoms. The van der Waals surface area contributed by atoms with Gasteiger partial charge in [0.15, 0.2) is 0 Å². The summed E-state index contributed by atoms with van der Waals surface area (Å²) < 4.78 is 0. The van der Waals surface area contributed by atoms with Gasteiger partial charge in [0.25, 0.3) is 0 Å². The number of para-hydroxylation sites is 1. The first-order valence-electron chi connectivity index (χ1n) is 12.8. The normalized spacial score (nSPS) is 15.3. The van der Waals surface area contributed by atoms with Crippen LogP contribution in [0.4, 0.5) is 0 Å². The first-order valence-corrected chi connectivity index (χ1v) is 12.8. The first kappa shape index (κ1) is 30.7. The number of aromatic nitrogens is 1. The molecule has 210 valence electrons. The Kier molecular flexibility index (Phi) is 11.7. The molecule has 3 amide bonds. The Morgan fingerprint density at radius 3 is 2.21 bits per heavy atom. The summed E-state index contributed by atoms with van der Waals surface area (Å²) in [6.07, 6.45) is 2.13. The summed E-state index contributed by atoms with van der Waals surface area (Å²) in [6, 6.07) is 2.75. The van der Waals surface area contributed by atoms with Crippen LogP contribution in [0.2, 0.25) is 0 Å². The molecule has 5 unspecified atom stereocenters. The van der Waals surface area contributed by atoms with Gasteiger partial charge in [-0.2, -0.15) is 0 Å². The fourth-order valence-corrected chi connectivity index (χ4v) is 4.06. The second-order valence-electron chi connectivity index (χ2n) is 9.81. The average molecular weight is 533 g/mol. The van der Waals surface area contributed by atoms with E-state index in [9.17, 15) is 29.4 Å². The first-order chi connectivity index (χ1) is 18.0. The van der Waals surface area contributed by atoms with Crippen LogP contribution in [0.15, 0.2) is 30.5 Å². The van der Waals surface area contributed by atoms with Crippen molar-refractivity contribution >= 4 is 34.6 Å². The van der Waals surface area contributed by atoms with Crippen molar-refractivity contribution in [1.29, 1.82) is 0 Å². The zero-order valence-electron chi connectivity index (χ0n) is 22.1. The molecule has 1 aromatic carbocycles. The van der Waals surface area contributed by atoms with Gasteiger partial charge in [-0.15, -0.1) is 0 Å². The number of aliphatic hydroxyl groups is 1. The minimum absolute atomic E-state index is 0.0328. The van der Waals surface area contributed by atoms with Crippen LogP contribution < -0.4 is 27.4 Å². The average Bonchev–Trinajstić information content (AvgIpc) is 3.27. The molecule has 0 radical (unpaired) electrons. The van der Waals surface area contributed by atoms with Gasteiger partial charge >= 0.3 is 5.97 Å². The summed E-state index contributed by atoms with van der Waals surface area (Å²) in [5, 5.41) is 28.2. The smallest absolute Gasteiger partial charge is 0.326 e. The molecule has 38 heavy (non-hydrogen) atoms. The van der Waals surface area contributed by atoms with Crippen LogP contribution >= 0.6 is 0 Å². The summed E-state index contributed by atoms with van der Waals surface area (Å²) in [5.41, 5.74) is 12.9. The number of carbonyl (C=O) groups is 4. The van der Waals surface area contributed by atoms with Crippen molar-refractivity contribution in [2.45, 2.75) is 76.7 Å². The van der Waals surface area contributed by atoms with E-state index in [1.54, 1.807) is 20.0 Å². The third-order valence-corrected chi connectivity index (χ3v) is 6.33. The topological polar surface area (TPSA) is 213 Å². The summed E-state index contributed by atoms with van der Waals surface area (Å²) in [4.78, 5) is 53.8. The van der Waals surface area contributed by atoms with Gasteiger partial charge in [-0.1, -0.05) is 38.5 Å². The molecule has 0 saturated carbocycles. The Morgan fingerprint density at radius 2 is 1.61 bits per heavy atom. The van der Waals surface area contributed by atoms with Gasteiger partial charge in [0.2, 0.25) is 17.7 Å². The molecule has 0 aliphatic rings. The van der Waals surface area contributed by atoms with Crippen molar-refractivity contribution in [1.82, 2.24) is 20.9 Å². The number of hydrogen-bond acceptors (Lipinski definition) is 7. The maximum atomic E-state index is 13.3. The Morgan fingerprint density at radius 1 is 0.947 bits per heavy atom. The number of hydrogen-bond donors (Lipinski definition) is 8. The number of aliphatic hydroxyl groups excluding tert-OH is 1. The number of aromatic amines is 1. The lowest BCUT2D eigenvalue weighted by Crippen LogP contribution is -2.60. The molecule has 10 N–H and O–H groups in total. The van der Waals surface area contributed by atoms with E-state index in [0.717, 1.165) is 16.5 Å². The number of carboxylic acid groups (broad SMARTS) is 1. The lowest BCUT2D eigenvalue weighted by atomic mass is 10.0. The predicted octanol–water partition coefficient (Wildman–Crippen LogP) is -0.257. The number of amides is 3. The van der Waals surface area contributed by atoms with E-state index in [2.05, 4.69) is 20.9 Å². The quantitative estimate of drug-likeness (QED) is 0.143. The van der Waals surface area contributed by atoms with E-state index < -0.39 is 59.9 Å². The fourth-order valence-electron chi connectivity index (χ4n) is 4.06. The molecule has 5 atom stereocenters. The predicted molar refractivity (Wildman–Crippen MR) is 143 cm³/mol. The minimum Gasteiger partial charge on any atom is -0.480 e. The Balaban J connectivity index is 2.26.